The summed E-state index contributed by atoms with van der Waals surface area (Å²) in [4.78, 5) is 39.5. The molecule has 2 aliphatic rings. The van der Waals surface area contributed by atoms with Crippen molar-refractivity contribution < 1.29 is 23.9 Å². The van der Waals surface area contributed by atoms with Crippen LogP contribution in [0.3, 0.4) is 0 Å². The lowest BCUT2D eigenvalue weighted by Crippen LogP contribution is -2.50. The Morgan fingerprint density at radius 1 is 1.14 bits per heavy atom. The van der Waals surface area contributed by atoms with Gasteiger partial charge in [0.15, 0.2) is 11.2 Å². The molecule has 158 valence electrons. The molecule has 0 bridgehead atoms. The molecule has 1 aromatic carbocycles. The molecule has 1 N–H and O–H groups in total. The average molecular weight is 402 g/mol. The molecule has 3 rings (SSSR count). The van der Waals surface area contributed by atoms with Crippen molar-refractivity contribution in [3.63, 3.8) is 0 Å². The molecule has 6 nitrogen and oxygen atoms in total. The van der Waals surface area contributed by atoms with E-state index in [2.05, 4.69) is 5.32 Å². The minimum atomic E-state index is -1.44. The van der Waals surface area contributed by atoms with Crippen LogP contribution in [-0.2, 0) is 19.1 Å². The fourth-order valence-electron chi connectivity index (χ4n) is 4.95. The summed E-state index contributed by atoms with van der Waals surface area (Å²) >= 11 is 0. The topological polar surface area (TPSA) is 81.7 Å². The van der Waals surface area contributed by atoms with Gasteiger partial charge in [-0.1, -0.05) is 43.2 Å². The number of carbonyl (C=O) groups excluding carboxylic acids is 3. The number of carbonyl (C=O) groups is 3. The first-order valence-electron chi connectivity index (χ1n) is 10.4. The highest BCUT2D eigenvalue weighted by molar-refractivity contribution is 6.08. The molecular weight excluding hydrogens is 370 g/mol. The Kier molecular flexibility index (Phi) is 6.01. The van der Waals surface area contributed by atoms with Crippen molar-refractivity contribution in [1.29, 1.82) is 0 Å². The van der Waals surface area contributed by atoms with Crippen molar-refractivity contribution in [3.05, 3.63) is 35.9 Å². The van der Waals surface area contributed by atoms with Crippen LogP contribution in [0.25, 0.3) is 0 Å². The van der Waals surface area contributed by atoms with Crippen molar-refractivity contribution in [2.45, 2.75) is 64.5 Å². The van der Waals surface area contributed by atoms with Crippen LogP contribution in [0.5, 0.6) is 0 Å². The van der Waals surface area contributed by atoms with Gasteiger partial charge in [0.25, 0.3) is 0 Å². The molecule has 0 aliphatic heterocycles. The first-order chi connectivity index (χ1) is 13.7. The van der Waals surface area contributed by atoms with Crippen molar-refractivity contribution in [1.82, 2.24) is 5.32 Å². The number of rotatable bonds is 4. The van der Waals surface area contributed by atoms with Crippen molar-refractivity contribution in [2.75, 3.05) is 7.11 Å². The molecule has 2 aliphatic carbocycles. The summed E-state index contributed by atoms with van der Waals surface area (Å²) in [5, 5.41) is 2.85. The van der Waals surface area contributed by atoms with Crippen LogP contribution in [0.15, 0.2) is 30.3 Å². The maximum absolute atomic E-state index is 13.7. The van der Waals surface area contributed by atoms with Crippen LogP contribution in [0.1, 0.15) is 64.5 Å². The number of amides is 1. The molecule has 0 saturated heterocycles. The highest BCUT2D eigenvalue weighted by Crippen LogP contribution is 2.55. The number of esters is 1. The third-order valence-corrected chi connectivity index (χ3v) is 6.11. The molecule has 1 amide bonds. The number of ketones is 1. The molecule has 29 heavy (non-hydrogen) atoms. The fourth-order valence-corrected chi connectivity index (χ4v) is 4.95. The Balaban J connectivity index is 2.05. The number of alkyl carbamates (subject to hydrolysis) is 1. The molecule has 0 heterocycles. The van der Waals surface area contributed by atoms with Crippen LogP contribution in [0.4, 0.5) is 4.79 Å². The van der Waals surface area contributed by atoms with Crippen molar-refractivity contribution in [2.24, 2.45) is 17.3 Å². The summed E-state index contributed by atoms with van der Waals surface area (Å²) in [5.74, 6) is -0.711. The highest BCUT2D eigenvalue weighted by Gasteiger charge is 2.63. The Morgan fingerprint density at radius 3 is 2.38 bits per heavy atom. The van der Waals surface area contributed by atoms with Gasteiger partial charge in [-0.3, -0.25) is 9.59 Å². The van der Waals surface area contributed by atoms with Crippen LogP contribution < -0.4 is 5.32 Å². The second kappa shape index (κ2) is 8.17. The van der Waals surface area contributed by atoms with E-state index in [1.54, 1.807) is 20.8 Å². The highest BCUT2D eigenvalue weighted by atomic mass is 16.6. The van der Waals surface area contributed by atoms with Crippen LogP contribution >= 0.6 is 0 Å². The predicted octanol–water partition coefficient (Wildman–Crippen LogP) is 4.19. The molecule has 0 spiro atoms. The van der Waals surface area contributed by atoms with Gasteiger partial charge in [-0.15, -0.1) is 0 Å². The zero-order chi connectivity index (χ0) is 21.2. The average Bonchev–Trinajstić information content (AvgIpc) is 2.98. The number of methoxy groups -OCH3 is 1. The van der Waals surface area contributed by atoms with Gasteiger partial charge in [0, 0.05) is 5.92 Å². The van der Waals surface area contributed by atoms with E-state index in [-0.39, 0.29) is 17.6 Å². The number of fused-ring (bicyclic) bond motifs is 1. The number of benzene rings is 1. The van der Waals surface area contributed by atoms with Gasteiger partial charge in [-0.05, 0) is 51.5 Å². The number of hydrogen-bond acceptors (Lipinski definition) is 5. The molecule has 0 unspecified atom stereocenters. The van der Waals surface area contributed by atoms with Crippen LogP contribution in [0, 0.1) is 17.3 Å². The van der Waals surface area contributed by atoms with E-state index < -0.39 is 29.1 Å². The van der Waals surface area contributed by atoms with E-state index >= 15 is 0 Å². The second-order valence-electron chi connectivity index (χ2n) is 9.17. The van der Waals surface area contributed by atoms with Crippen molar-refractivity contribution in [3.8, 4) is 0 Å². The summed E-state index contributed by atoms with van der Waals surface area (Å²) in [6.45, 7) is 5.32. The first-order valence-corrected chi connectivity index (χ1v) is 10.4. The quantitative estimate of drug-likeness (QED) is 0.604. The second-order valence-corrected chi connectivity index (χ2v) is 9.17. The van der Waals surface area contributed by atoms with Gasteiger partial charge in [0.1, 0.15) is 5.60 Å². The monoisotopic (exact) mass is 401 g/mol. The van der Waals surface area contributed by atoms with E-state index in [0.717, 1.165) is 25.7 Å². The van der Waals surface area contributed by atoms with E-state index in [4.69, 9.17) is 9.47 Å². The molecule has 2 saturated carbocycles. The molecule has 0 aromatic heterocycles. The molecule has 0 radical (unpaired) electrons. The van der Waals surface area contributed by atoms with Crippen molar-refractivity contribution >= 4 is 17.8 Å². The summed E-state index contributed by atoms with van der Waals surface area (Å²) in [7, 11) is 1.30. The lowest BCUT2D eigenvalue weighted by molar-refractivity contribution is -0.159. The molecular formula is C23H31NO5. The van der Waals surface area contributed by atoms with Crippen LogP contribution in [0.2, 0.25) is 0 Å². The predicted molar refractivity (Wildman–Crippen MR) is 108 cm³/mol. The van der Waals surface area contributed by atoms with E-state index in [0.29, 0.717) is 12.0 Å². The number of nitrogens with one attached hydrogen (secondary N) is 1. The number of ether oxygens (including phenoxy) is 2. The number of Topliss-reactive ketones (excluding diaryl/α,β-unsaturated/α-hetero) is 1. The van der Waals surface area contributed by atoms with Gasteiger partial charge in [-0.25, -0.2) is 4.79 Å². The maximum Gasteiger partial charge on any atom is 0.408 e. The zero-order valence-electron chi connectivity index (χ0n) is 17.7. The van der Waals surface area contributed by atoms with Gasteiger partial charge in [0.2, 0.25) is 0 Å². The van der Waals surface area contributed by atoms with Gasteiger partial charge < -0.3 is 14.8 Å². The van der Waals surface area contributed by atoms with Gasteiger partial charge >= 0.3 is 12.1 Å². The molecule has 6 heteroatoms. The van der Waals surface area contributed by atoms with Crippen LogP contribution in [-0.4, -0.2) is 30.6 Å². The van der Waals surface area contributed by atoms with E-state index in [9.17, 15) is 14.4 Å². The molecule has 1 aromatic rings. The normalized spacial score (nSPS) is 27.7. The minimum Gasteiger partial charge on any atom is -0.468 e. The van der Waals surface area contributed by atoms with E-state index in [1.165, 1.54) is 7.11 Å². The smallest absolute Gasteiger partial charge is 0.408 e. The zero-order valence-corrected chi connectivity index (χ0v) is 17.7. The standard InChI is InChI=1S/C23H31NO5/c1-22(2,3)29-21(27)24-18(15-10-6-5-7-11-15)23(20(26)28-4)14-16-12-8-9-13-17(16)19(23)25/h5-7,10-11,16-18H,8-9,12-14H2,1-4H3,(H,24,27)/t16-,17-,18-,23+/m1/s1. The van der Waals surface area contributed by atoms with E-state index in [1.807, 2.05) is 30.3 Å². The SMILES string of the molecule is COC(=O)[C@]1([C@H](NC(=O)OC(C)(C)C)c2ccccc2)C[C@H]2CCCC[C@H]2C1=O. The van der Waals surface area contributed by atoms with Gasteiger partial charge in [0.05, 0.1) is 13.2 Å². The lowest BCUT2D eigenvalue weighted by atomic mass is 9.73. The largest absolute Gasteiger partial charge is 0.468 e. The summed E-state index contributed by atoms with van der Waals surface area (Å²) in [6, 6.07) is 8.32. The summed E-state index contributed by atoms with van der Waals surface area (Å²) in [6.07, 6.45) is 3.48. The Hall–Kier alpha value is -2.37. The Labute approximate surface area is 172 Å². The minimum absolute atomic E-state index is 0.112. The lowest BCUT2D eigenvalue weighted by Gasteiger charge is -2.35. The summed E-state index contributed by atoms with van der Waals surface area (Å²) < 4.78 is 10.6. The first kappa shape index (κ1) is 21.3. The Morgan fingerprint density at radius 2 is 1.79 bits per heavy atom. The molecule has 4 atom stereocenters. The maximum atomic E-state index is 13.7. The third-order valence-electron chi connectivity index (χ3n) is 6.11. The third kappa shape index (κ3) is 4.16. The van der Waals surface area contributed by atoms with Gasteiger partial charge in [-0.2, -0.15) is 0 Å². The fraction of sp³-hybridized carbons (Fsp3) is 0.609. The Bertz CT molecular complexity index is 769. The number of hydrogen-bond donors (Lipinski definition) is 1. The molecule has 2 fully saturated rings. The summed E-state index contributed by atoms with van der Waals surface area (Å²) in [5.41, 5.74) is -1.44.